The second-order valence-corrected chi connectivity index (χ2v) is 14.4. The number of carboxylic acid groups (broad SMARTS) is 1. The number of carboxylic acids is 1. The normalized spacial score (nSPS) is 34.6. The molecule has 0 bridgehead atoms. The minimum atomic E-state index is -1.78. The summed E-state index contributed by atoms with van der Waals surface area (Å²) in [7, 11) is 0. The van der Waals surface area contributed by atoms with Gasteiger partial charge in [-0.2, -0.15) is 0 Å². The number of esters is 1. The lowest BCUT2D eigenvalue weighted by molar-refractivity contribution is -0.184. The Balaban J connectivity index is 1.28. The van der Waals surface area contributed by atoms with E-state index >= 15 is 0 Å². The van der Waals surface area contributed by atoms with Gasteiger partial charge in [0.05, 0.1) is 12.5 Å². The van der Waals surface area contributed by atoms with Crippen molar-refractivity contribution in [2.45, 2.75) is 129 Å². The summed E-state index contributed by atoms with van der Waals surface area (Å²) >= 11 is 0. The first-order valence-electron chi connectivity index (χ1n) is 16.7. The fourth-order valence-corrected chi connectivity index (χ4v) is 9.04. The number of hydrogen-bond acceptors (Lipinski definition) is 9. The molecule has 0 aromatic rings. The number of aliphatic hydroxyl groups is 2. The van der Waals surface area contributed by atoms with Crippen molar-refractivity contribution in [3.05, 3.63) is 11.6 Å². The smallest absolute Gasteiger partial charge is 0.326 e. The number of fused-ring (bicyclic) bond motifs is 5. The largest absolute Gasteiger partial charge is 0.480 e. The Bertz CT molecular complexity index is 1280. The van der Waals surface area contributed by atoms with Gasteiger partial charge >= 0.3 is 11.9 Å². The Hall–Kier alpha value is -3.12. The van der Waals surface area contributed by atoms with Crippen LogP contribution in [0.1, 0.15) is 105 Å². The summed E-state index contributed by atoms with van der Waals surface area (Å²) in [6, 6.07) is -2.09. The van der Waals surface area contributed by atoms with Gasteiger partial charge < -0.3 is 30.7 Å². The number of nitrogens with one attached hydrogen (secondary N) is 2. The maximum absolute atomic E-state index is 13.5. The summed E-state index contributed by atoms with van der Waals surface area (Å²) in [5.74, 6) is -3.75. The third-order valence-electron chi connectivity index (χ3n) is 11.7. The van der Waals surface area contributed by atoms with Crippen LogP contribution in [0.25, 0.3) is 0 Å². The van der Waals surface area contributed by atoms with Crippen molar-refractivity contribution in [3.63, 3.8) is 0 Å². The molecule has 0 saturated heterocycles. The van der Waals surface area contributed by atoms with Crippen molar-refractivity contribution in [1.29, 1.82) is 0 Å². The number of carbonyl (C=O) groups excluding carboxylic acids is 5. The molecule has 3 saturated carbocycles. The maximum atomic E-state index is 13.5. The summed E-state index contributed by atoms with van der Waals surface area (Å²) < 4.78 is 5.18. The number of carbonyl (C=O) groups is 6. The first-order valence-corrected chi connectivity index (χ1v) is 16.7. The van der Waals surface area contributed by atoms with E-state index in [0.717, 1.165) is 24.8 Å². The first-order chi connectivity index (χ1) is 21.6. The second kappa shape index (κ2) is 13.9. The van der Waals surface area contributed by atoms with Gasteiger partial charge in [-0.15, -0.1) is 0 Å². The Morgan fingerprint density at radius 1 is 1.07 bits per heavy atom. The van der Waals surface area contributed by atoms with Crippen LogP contribution in [0.5, 0.6) is 0 Å². The van der Waals surface area contributed by atoms with Crippen LogP contribution >= 0.6 is 0 Å². The molecule has 4 rings (SSSR count). The molecule has 12 heteroatoms. The molecule has 0 unspecified atom stereocenters. The molecule has 0 spiro atoms. The first kappa shape index (κ1) is 35.7. The van der Waals surface area contributed by atoms with E-state index < -0.39 is 65.3 Å². The molecule has 5 N–H and O–H groups in total. The topological polar surface area (TPSA) is 196 Å². The van der Waals surface area contributed by atoms with Crippen LogP contribution in [0.4, 0.5) is 0 Å². The summed E-state index contributed by atoms with van der Waals surface area (Å²) in [6.45, 7) is 6.63. The molecule has 0 aliphatic heterocycles. The Morgan fingerprint density at radius 3 is 2.46 bits per heavy atom. The lowest BCUT2D eigenvalue weighted by atomic mass is 9.45. The fraction of sp³-hybridized carbons (Fsp3) is 0.765. The zero-order valence-electron chi connectivity index (χ0n) is 27.4. The quantitative estimate of drug-likeness (QED) is 0.185. The molecule has 4 aliphatic rings. The van der Waals surface area contributed by atoms with Gasteiger partial charge in [0, 0.05) is 18.3 Å². The molecule has 256 valence electrons. The van der Waals surface area contributed by atoms with E-state index in [-0.39, 0.29) is 61.1 Å². The van der Waals surface area contributed by atoms with E-state index in [0.29, 0.717) is 25.7 Å². The van der Waals surface area contributed by atoms with Crippen molar-refractivity contribution >= 4 is 35.3 Å². The zero-order valence-corrected chi connectivity index (χ0v) is 27.4. The number of unbranched alkanes of at least 4 members (excludes halogenated alkanes) is 1. The predicted octanol–water partition coefficient (Wildman–Crippen LogP) is 2.38. The van der Waals surface area contributed by atoms with E-state index in [1.165, 1.54) is 6.92 Å². The molecular weight excluding hydrogens is 596 g/mol. The molecule has 4 aliphatic carbocycles. The highest BCUT2D eigenvalue weighted by molar-refractivity contribution is 5.93. The average molecular weight is 647 g/mol. The van der Waals surface area contributed by atoms with Crippen LogP contribution in [-0.2, 0) is 33.5 Å². The number of aliphatic carboxylic acids is 1. The molecule has 2 amide bonds. The second-order valence-electron chi connectivity index (χ2n) is 14.4. The summed E-state index contributed by atoms with van der Waals surface area (Å²) in [6.07, 6.45) is 5.66. The van der Waals surface area contributed by atoms with E-state index in [2.05, 4.69) is 17.6 Å². The molecule has 3 fully saturated rings. The molecule has 46 heavy (non-hydrogen) atoms. The van der Waals surface area contributed by atoms with Gasteiger partial charge in [-0.25, -0.2) is 4.79 Å². The number of Topliss-reactive ketones (excluding diaryl/α,β-unsaturated/α-hetero) is 1. The van der Waals surface area contributed by atoms with Gasteiger partial charge in [0.1, 0.15) is 17.7 Å². The van der Waals surface area contributed by atoms with Crippen molar-refractivity contribution < 1.29 is 48.8 Å². The molecular formula is C34H50N2O10. The Morgan fingerprint density at radius 2 is 1.78 bits per heavy atom. The van der Waals surface area contributed by atoms with Gasteiger partial charge in [-0.3, -0.25) is 24.0 Å². The Kier molecular flexibility index (Phi) is 10.8. The van der Waals surface area contributed by atoms with Crippen LogP contribution in [-0.4, -0.2) is 81.0 Å². The predicted molar refractivity (Wildman–Crippen MR) is 165 cm³/mol. The number of aliphatic hydroxyl groups excluding tert-OH is 1. The summed E-state index contributed by atoms with van der Waals surface area (Å²) in [4.78, 5) is 74.2. The van der Waals surface area contributed by atoms with Crippen molar-refractivity contribution in [2.75, 3.05) is 6.61 Å². The maximum Gasteiger partial charge on any atom is 0.326 e. The number of hydrogen-bond donors (Lipinski definition) is 5. The van der Waals surface area contributed by atoms with Crippen molar-refractivity contribution in [2.24, 2.45) is 28.6 Å². The third-order valence-corrected chi connectivity index (χ3v) is 11.7. The average Bonchev–Trinajstić information content (AvgIpc) is 3.27. The SMILES string of the molecule is CCCC[C@@H](NC(=O)[C@@H](C)NC(=O)CCC(=O)OCC(=O)[C@@]1(O)CC[C@H]2[C@@H]3CCC4=CC(=O)CC[C@]4(C)[C@H]3[C@@H](O)C[C@@]21C)C(=O)O. The van der Waals surface area contributed by atoms with Crippen LogP contribution in [0, 0.1) is 28.6 Å². The molecule has 0 heterocycles. The summed E-state index contributed by atoms with van der Waals surface area (Å²) in [5, 5.41) is 37.5. The number of ether oxygens (including phenoxy) is 1. The van der Waals surface area contributed by atoms with Crippen LogP contribution in [0.15, 0.2) is 11.6 Å². The van der Waals surface area contributed by atoms with Gasteiger partial charge in [-0.05, 0) is 81.1 Å². The van der Waals surface area contributed by atoms with E-state index in [1.54, 1.807) is 6.08 Å². The lowest BCUT2D eigenvalue weighted by Gasteiger charge is -2.60. The zero-order chi connectivity index (χ0) is 34.0. The highest BCUT2D eigenvalue weighted by atomic mass is 16.5. The minimum absolute atomic E-state index is 0.0122. The van der Waals surface area contributed by atoms with Crippen LogP contribution in [0.3, 0.4) is 0 Å². The minimum Gasteiger partial charge on any atom is -0.480 e. The molecule has 12 nitrogen and oxygen atoms in total. The number of allylic oxidation sites excluding steroid dienone is 1. The van der Waals surface area contributed by atoms with Crippen molar-refractivity contribution in [1.82, 2.24) is 10.6 Å². The number of ketones is 2. The standard InChI is InChI=1S/C34H50N2O10/c1-5-6-7-24(31(43)44)36-30(42)19(2)35-27(40)10-11-28(41)46-18-26(39)34(45)15-13-23-22-9-8-20-16-21(37)12-14-32(20,3)29(22)25(38)17-33(23,34)4/h16,19,22-25,29,38,45H,5-15,17-18H2,1-4H3,(H,35,40)(H,36,42)(H,43,44)/t19-,22+,23+,24-,25+,29-,32+,33+,34+/m1/s1. The van der Waals surface area contributed by atoms with Gasteiger partial charge in [0.2, 0.25) is 17.6 Å². The highest BCUT2D eigenvalue weighted by Crippen LogP contribution is 2.67. The van der Waals surface area contributed by atoms with E-state index in [4.69, 9.17) is 4.74 Å². The van der Waals surface area contributed by atoms with Crippen molar-refractivity contribution in [3.8, 4) is 0 Å². The lowest BCUT2D eigenvalue weighted by Crippen LogP contribution is -2.62. The van der Waals surface area contributed by atoms with E-state index in [9.17, 15) is 44.1 Å². The highest BCUT2D eigenvalue weighted by Gasteiger charge is 2.68. The van der Waals surface area contributed by atoms with Crippen LogP contribution in [0.2, 0.25) is 0 Å². The van der Waals surface area contributed by atoms with Gasteiger partial charge in [0.25, 0.3) is 0 Å². The molecule has 9 atom stereocenters. The van der Waals surface area contributed by atoms with Gasteiger partial charge in [0.15, 0.2) is 12.4 Å². The molecule has 0 radical (unpaired) electrons. The Labute approximate surface area is 270 Å². The molecule has 0 aromatic carbocycles. The van der Waals surface area contributed by atoms with Crippen LogP contribution < -0.4 is 10.6 Å². The van der Waals surface area contributed by atoms with Gasteiger partial charge in [-0.1, -0.05) is 39.2 Å². The monoisotopic (exact) mass is 646 g/mol. The summed E-state index contributed by atoms with van der Waals surface area (Å²) in [5.41, 5.74) is -1.88. The van der Waals surface area contributed by atoms with E-state index in [1.807, 2.05) is 13.8 Å². The number of amides is 2. The third kappa shape index (κ3) is 6.79. The number of rotatable bonds is 13. The fourth-order valence-electron chi connectivity index (χ4n) is 9.04. The molecule has 0 aromatic heterocycles.